The molecular formula is C28H27F3N6O2. The number of aromatic amines is 1. The normalized spacial score (nSPS) is 21.3. The monoisotopic (exact) mass is 536 g/mol. The van der Waals surface area contributed by atoms with Gasteiger partial charge in [-0.3, -0.25) is 4.79 Å². The first-order valence-corrected chi connectivity index (χ1v) is 12.7. The summed E-state index contributed by atoms with van der Waals surface area (Å²) in [7, 11) is 0. The molecule has 0 bridgehead atoms. The van der Waals surface area contributed by atoms with E-state index in [9.17, 15) is 22.8 Å². The van der Waals surface area contributed by atoms with Gasteiger partial charge in [0.1, 0.15) is 6.04 Å². The first kappa shape index (κ1) is 26.3. The Kier molecular flexibility index (Phi) is 7.07. The van der Waals surface area contributed by atoms with E-state index in [0.717, 1.165) is 29.2 Å². The van der Waals surface area contributed by atoms with Crippen molar-refractivity contribution in [1.29, 1.82) is 0 Å². The molecule has 2 heterocycles. The summed E-state index contributed by atoms with van der Waals surface area (Å²) in [4.78, 5) is 28.7. The fraction of sp³-hybridized carbons (Fsp3) is 0.321. The Balaban J connectivity index is 1.44. The molecular weight excluding hydrogens is 509 g/mol. The Hall–Kier alpha value is -4.28. The van der Waals surface area contributed by atoms with Crippen LogP contribution in [0.1, 0.15) is 38.2 Å². The molecule has 2 atom stereocenters. The molecule has 0 saturated carbocycles. The van der Waals surface area contributed by atoms with Gasteiger partial charge in [0, 0.05) is 18.5 Å². The van der Waals surface area contributed by atoms with Crippen molar-refractivity contribution in [2.45, 2.75) is 56.9 Å². The van der Waals surface area contributed by atoms with Crippen LogP contribution in [0.3, 0.4) is 0 Å². The third-order valence-corrected chi connectivity index (χ3v) is 7.22. The van der Waals surface area contributed by atoms with E-state index in [2.05, 4.69) is 20.6 Å². The minimum Gasteiger partial charge on any atom is -0.308 e. The Morgan fingerprint density at radius 1 is 1.05 bits per heavy atom. The van der Waals surface area contributed by atoms with Gasteiger partial charge >= 0.3 is 12.2 Å². The van der Waals surface area contributed by atoms with Crippen molar-refractivity contribution in [3.05, 3.63) is 78.4 Å². The number of imide groups is 1. The topological polar surface area (TPSA) is 95.1 Å². The van der Waals surface area contributed by atoms with Crippen LogP contribution in [0.2, 0.25) is 0 Å². The average molecular weight is 537 g/mol. The average Bonchev–Trinajstić information content (AvgIpc) is 3.55. The van der Waals surface area contributed by atoms with Crippen molar-refractivity contribution in [3.8, 4) is 22.5 Å². The van der Waals surface area contributed by atoms with E-state index in [4.69, 9.17) is 0 Å². The van der Waals surface area contributed by atoms with Crippen LogP contribution < -0.4 is 0 Å². The number of tetrazole rings is 1. The maximum atomic E-state index is 14.4. The van der Waals surface area contributed by atoms with Gasteiger partial charge in [-0.25, -0.2) is 9.69 Å². The summed E-state index contributed by atoms with van der Waals surface area (Å²) in [6, 6.07) is 13.0. The first-order chi connectivity index (χ1) is 18.8. The van der Waals surface area contributed by atoms with Crippen molar-refractivity contribution in [1.82, 2.24) is 30.4 Å². The van der Waals surface area contributed by atoms with E-state index in [1.54, 1.807) is 0 Å². The number of rotatable bonds is 8. The number of nitrogens with one attached hydrogen (secondary N) is 1. The number of hydrogen-bond donors (Lipinski definition) is 1. The van der Waals surface area contributed by atoms with Gasteiger partial charge < -0.3 is 4.90 Å². The second kappa shape index (κ2) is 10.5. The van der Waals surface area contributed by atoms with Crippen LogP contribution in [-0.4, -0.2) is 60.1 Å². The number of allylic oxidation sites excluding steroid dienone is 2. The number of benzene rings is 2. The highest BCUT2D eigenvalue weighted by molar-refractivity contribution is 6.05. The number of carbonyl (C=O) groups is 2. The molecule has 3 aromatic rings. The van der Waals surface area contributed by atoms with Crippen molar-refractivity contribution in [3.63, 3.8) is 0 Å². The molecule has 11 heteroatoms. The molecule has 1 aliphatic carbocycles. The van der Waals surface area contributed by atoms with Gasteiger partial charge in [-0.1, -0.05) is 86.5 Å². The number of urea groups is 1. The third-order valence-electron chi connectivity index (χ3n) is 7.22. The summed E-state index contributed by atoms with van der Waals surface area (Å²) in [5.41, 5.74) is 0.510. The van der Waals surface area contributed by atoms with E-state index in [0.29, 0.717) is 29.1 Å². The number of nitrogens with zero attached hydrogens (tertiary/aromatic N) is 5. The van der Waals surface area contributed by atoms with Crippen molar-refractivity contribution >= 4 is 11.9 Å². The molecule has 1 saturated heterocycles. The molecule has 39 heavy (non-hydrogen) atoms. The lowest BCUT2D eigenvalue weighted by molar-refractivity contribution is -0.205. The van der Waals surface area contributed by atoms with Crippen LogP contribution in [0.25, 0.3) is 22.5 Å². The summed E-state index contributed by atoms with van der Waals surface area (Å²) < 4.78 is 43.2. The molecule has 2 aromatic carbocycles. The second-order valence-corrected chi connectivity index (χ2v) is 9.63. The smallest absolute Gasteiger partial charge is 0.308 e. The zero-order chi connectivity index (χ0) is 27.6. The minimum absolute atomic E-state index is 0.00964. The number of hydrogen-bond acceptors (Lipinski definition) is 5. The standard InChI is InChI=1S/C28H27F3N6O2/c1-2-3-11-23-25(38)37(27(28(29,30)31)16-7-4-8-17-27)26(39)36(23)18-19-12-14-20(15-13-19)21-9-5-6-10-22(21)24-32-34-35-33-24/h4-10,12-16,23H,2-3,11,17-18H2,1H3,(H,32,33,34,35). The van der Waals surface area contributed by atoms with E-state index in [-0.39, 0.29) is 6.54 Å². The maximum absolute atomic E-state index is 14.4. The summed E-state index contributed by atoms with van der Waals surface area (Å²) in [6.07, 6.45) is 1.29. The number of H-pyrrole nitrogens is 1. The SMILES string of the molecule is CCCCC1C(=O)N(C2(C(F)(F)F)C=CC=CC2)C(=O)N1Cc1ccc(-c2ccccc2-c2nn[nH]n2)cc1. The summed E-state index contributed by atoms with van der Waals surface area (Å²) >= 11 is 0. The molecule has 1 aliphatic heterocycles. The van der Waals surface area contributed by atoms with Crippen LogP contribution in [0, 0.1) is 0 Å². The molecule has 5 rings (SSSR count). The number of halogens is 3. The highest BCUT2D eigenvalue weighted by atomic mass is 19.4. The Labute approximate surface area is 223 Å². The van der Waals surface area contributed by atoms with Crippen molar-refractivity contribution in [2.24, 2.45) is 0 Å². The lowest BCUT2D eigenvalue weighted by Gasteiger charge is -2.39. The molecule has 1 N–H and O–H groups in total. The molecule has 2 aliphatic rings. The molecule has 0 radical (unpaired) electrons. The van der Waals surface area contributed by atoms with Crippen LogP contribution >= 0.6 is 0 Å². The van der Waals surface area contributed by atoms with E-state index in [1.165, 1.54) is 23.1 Å². The Bertz CT molecular complexity index is 1400. The predicted molar refractivity (Wildman–Crippen MR) is 138 cm³/mol. The van der Waals surface area contributed by atoms with Gasteiger partial charge in [0.15, 0.2) is 5.54 Å². The van der Waals surface area contributed by atoms with Crippen LogP contribution in [0.5, 0.6) is 0 Å². The van der Waals surface area contributed by atoms with E-state index < -0.39 is 36.1 Å². The van der Waals surface area contributed by atoms with E-state index in [1.807, 2.05) is 55.5 Å². The summed E-state index contributed by atoms with van der Waals surface area (Å²) in [5.74, 6) is -0.365. The summed E-state index contributed by atoms with van der Waals surface area (Å²) in [6.45, 7) is 1.94. The highest BCUT2D eigenvalue weighted by Gasteiger charge is 2.64. The van der Waals surface area contributed by atoms with Crippen molar-refractivity contribution < 1.29 is 22.8 Å². The molecule has 8 nitrogen and oxygen atoms in total. The number of unbranched alkanes of at least 4 members (excludes halogenated alkanes) is 1. The molecule has 0 spiro atoms. The number of alkyl halides is 3. The molecule has 3 amide bonds. The first-order valence-electron chi connectivity index (χ1n) is 12.7. The van der Waals surface area contributed by atoms with Gasteiger partial charge in [0.05, 0.1) is 0 Å². The minimum atomic E-state index is -4.82. The van der Waals surface area contributed by atoms with Gasteiger partial charge in [-0.05, 0) is 34.4 Å². The molecule has 1 fully saturated rings. The predicted octanol–water partition coefficient (Wildman–Crippen LogP) is 5.67. The van der Waals surface area contributed by atoms with E-state index >= 15 is 0 Å². The Morgan fingerprint density at radius 2 is 1.79 bits per heavy atom. The fourth-order valence-corrected chi connectivity index (χ4v) is 5.16. The van der Waals surface area contributed by atoms with Gasteiger partial charge in [-0.15, -0.1) is 10.2 Å². The van der Waals surface area contributed by atoms with Crippen molar-refractivity contribution in [2.75, 3.05) is 0 Å². The molecule has 1 aromatic heterocycles. The zero-order valence-electron chi connectivity index (χ0n) is 21.2. The van der Waals surface area contributed by atoms with Crippen LogP contribution in [0.15, 0.2) is 72.8 Å². The van der Waals surface area contributed by atoms with Gasteiger partial charge in [0.2, 0.25) is 5.82 Å². The molecule has 202 valence electrons. The quantitative estimate of drug-likeness (QED) is 0.374. The third kappa shape index (κ3) is 4.73. The highest BCUT2D eigenvalue weighted by Crippen LogP contribution is 2.45. The zero-order valence-corrected chi connectivity index (χ0v) is 21.2. The van der Waals surface area contributed by atoms with Crippen LogP contribution in [0.4, 0.5) is 18.0 Å². The lowest BCUT2D eigenvalue weighted by atomic mass is 9.88. The largest absolute Gasteiger partial charge is 0.416 e. The number of carbonyl (C=O) groups excluding carboxylic acids is 2. The molecule has 2 unspecified atom stereocenters. The maximum Gasteiger partial charge on any atom is 0.416 e. The fourth-order valence-electron chi connectivity index (χ4n) is 5.16. The second-order valence-electron chi connectivity index (χ2n) is 9.63. The Morgan fingerprint density at radius 3 is 2.41 bits per heavy atom. The van der Waals surface area contributed by atoms with Gasteiger partial charge in [-0.2, -0.15) is 18.4 Å². The lowest BCUT2D eigenvalue weighted by Crippen LogP contribution is -2.60. The number of aromatic nitrogens is 4. The van der Waals surface area contributed by atoms with Crippen LogP contribution in [-0.2, 0) is 11.3 Å². The summed E-state index contributed by atoms with van der Waals surface area (Å²) in [5, 5.41) is 14.2. The van der Waals surface area contributed by atoms with Gasteiger partial charge in [0.25, 0.3) is 5.91 Å². The number of amides is 3.